The molecule has 2 N–H and O–H groups in total. The van der Waals surface area contributed by atoms with E-state index in [1.807, 2.05) is 19.1 Å². The van der Waals surface area contributed by atoms with Crippen LogP contribution >= 0.6 is 15.9 Å². The van der Waals surface area contributed by atoms with Crippen molar-refractivity contribution in [3.63, 3.8) is 0 Å². The fourth-order valence-electron chi connectivity index (χ4n) is 2.78. The molecule has 6 heteroatoms. The lowest BCUT2D eigenvalue weighted by Crippen LogP contribution is -2.22. The number of nitrogens with one attached hydrogen (secondary N) is 2. The molecule has 0 saturated heterocycles. The number of amides is 1. The van der Waals surface area contributed by atoms with Crippen LogP contribution in [0.1, 0.15) is 34.6 Å². The lowest BCUT2D eigenvalue weighted by atomic mass is 10.0. The molecule has 0 spiro atoms. The number of fused-ring (bicyclic) bond motifs is 3. The normalized spacial score (nSPS) is 11.0. The van der Waals surface area contributed by atoms with Crippen LogP contribution in [0.4, 0.5) is 0 Å². The number of esters is 1. The Labute approximate surface area is 147 Å². The molecule has 1 heterocycles. The highest BCUT2D eigenvalue weighted by atomic mass is 79.9. The molecular weight excluding hydrogens is 372 g/mol. The number of aromatic amines is 1. The topological polar surface area (TPSA) is 71.2 Å². The Morgan fingerprint density at radius 3 is 2.67 bits per heavy atom. The summed E-state index contributed by atoms with van der Waals surface area (Å²) in [7, 11) is 0. The van der Waals surface area contributed by atoms with Crippen LogP contribution in [-0.4, -0.2) is 30.0 Å². The summed E-state index contributed by atoms with van der Waals surface area (Å²) in [5, 5.41) is 4.45. The predicted octanol–water partition coefficient (Wildman–Crippen LogP) is 4.01. The van der Waals surface area contributed by atoms with E-state index in [0.717, 1.165) is 26.3 Å². The Morgan fingerprint density at radius 2 is 1.96 bits per heavy atom. The maximum atomic E-state index is 12.4. The van der Waals surface area contributed by atoms with Crippen molar-refractivity contribution in [3.8, 4) is 0 Å². The van der Waals surface area contributed by atoms with Crippen molar-refractivity contribution in [1.82, 2.24) is 10.3 Å². The lowest BCUT2D eigenvalue weighted by molar-refractivity contribution is 0.0526. The molecular formula is C18H17BrN2O3. The second-order valence-corrected chi connectivity index (χ2v) is 6.26. The van der Waals surface area contributed by atoms with E-state index < -0.39 is 0 Å². The number of H-pyrrole nitrogens is 1. The number of hydrogen-bond donors (Lipinski definition) is 2. The van der Waals surface area contributed by atoms with Gasteiger partial charge in [-0.15, -0.1) is 0 Å². The summed E-state index contributed by atoms with van der Waals surface area (Å²) in [6.45, 7) is 4.51. The van der Waals surface area contributed by atoms with E-state index in [2.05, 4.69) is 26.2 Å². The van der Waals surface area contributed by atoms with Gasteiger partial charge in [0.1, 0.15) is 0 Å². The lowest BCUT2D eigenvalue weighted by Gasteiger charge is -2.06. The van der Waals surface area contributed by atoms with Gasteiger partial charge in [0.15, 0.2) is 0 Å². The largest absolute Gasteiger partial charge is 0.462 e. The Balaban J connectivity index is 2.27. The van der Waals surface area contributed by atoms with Crippen molar-refractivity contribution in [2.24, 2.45) is 0 Å². The molecule has 0 radical (unpaired) electrons. The molecule has 0 bridgehead atoms. The predicted molar refractivity (Wildman–Crippen MR) is 97.5 cm³/mol. The van der Waals surface area contributed by atoms with Crippen LogP contribution in [0, 0.1) is 0 Å². The highest BCUT2D eigenvalue weighted by Gasteiger charge is 2.17. The number of benzene rings is 2. The maximum absolute atomic E-state index is 12.4. The van der Waals surface area contributed by atoms with Crippen molar-refractivity contribution in [2.75, 3.05) is 13.2 Å². The van der Waals surface area contributed by atoms with Gasteiger partial charge in [-0.3, -0.25) is 4.79 Å². The van der Waals surface area contributed by atoms with Gasteiger partial charge in [-0.2, -0.15) is 0 Å². The molecule has 0 aliphatic heterocycles. The minimum Gasteiger partial charge on any atom is -0.462 e. The number of aromatic nitrogens is 1. The van der Waals surface area contributed by atoms with Gasteiger partial charge in [0, 0.05) is 32.8 Å². The average molecular weight is 389 g/mol. The third-order valence-corrected chi connectivity index (χ3v) is 4.21. The van der Waals surface area contributed by atoms with Gasteiger partial charge in [0.2, 0.25) is 0 Å². The first-order valence-corrected chi connectivity index (χ1v) is 8.54. The van der Waals surface area contributed by atoms with Crippen molar-refractivity contribution < 1.29 is 14.3 Å². The molecule has 0 saturated carbocycles. The van der Waals surface area contributed by atoms with E-state index in [1.165, 1.54) is 0 Å². The standard InChI is InChI=1S/C18H17BrN2O3/c1-3-20-17(22)13-8-11(19)9-15-16(13)12-7-10(18(23)24-4-2)5-6-14(12)21-15/h5-9,21H,3-4H2,1-2H3,(H,20,22). The fourth-order valence-corrected chi connectivity index (χ4v) is 3.23. The van der Waals surface area contributed by atoms with Gasteiger partial charge in [0.25, 0.3) is 5.91 Å². The van der Waals surface area contributed by atoms with Crippen LogP contribution in [0.25, 0.3) is 21.8 Å². The van der Waals surface area contributed by atoms with Gasteiger partial charge in [-0.25, -0.2) is 4.79 Å². The molecule has 2 aromatic carbocycles. The van der Waals surface area contributed by atoms with E-state index >= 15 is 0 Å². The number of hydrogen-bond acceptors (Lipinski definition) is 3. The zero-order valence-corrected chi connectivity index (χ0v) is 15.0. The van der Waals surface area contributed by atoms with Crippen LogP contribution in [0.3, 0.4) is 0 Å². The van der Waals surface area contributed by atoms with E-state index in [9.17, 15) is 9.59 Å². The van der Waals surface area contributed by atoms with Gasteiger partial charge in [-0.05, 0) is 44.2 Å². The summed E-state index contributed by atoms with van der Waals surface area (Å²) in [6, 6.07) is 9.02. The molecule has 124 valence electrons. The Hall–Kier alpha value is -2.34. The molecule has 1 aromatic heterocycles. The molecule has 3 aromatic rings. The van der Waals surface area contributed by atoms with Crippen LogP contribution in [0.2, 0.25) is 0 Å². The quantitative estimate of drug-likeness (QED) is 0.663. The van der Waals surface area contributed by atoms with Crippen LogP contribution in [0.5, 0.6) is 0 Å². The summed E-state index contributed by atoms with van der Waals surface area (Å²) in [4.78, 5) is 27.7. The molecule has 1 amide bonds. The summed E-state index contributed by atoms with van der Waals surface area (Å²) >= 11 is 3.44. The third-order valence-electron chi connectivity index (χ3n) is 3.75. The molecule has 0 atom stereocenters. The van der Waals surface area contributed by atoms with E-state index in [4.69, 9.17) is 4.74 Å². The van der Waals surface area contributed by atoms with Crippen LogP contribution in [0.15, 0.2) is 34.8 Å². The molecule has 24 heavy (non-hydrogen) atoms. The summed E-state index contributed by atoms with van der Waals surface area (Å²) in [6.07, 6.45) is 0. The van der Waals surface area contributed by atoms with E-state index in [1.54, 1.807) is 25.1 Å². The van der Waals surface area contributed by atoms with Crippen molar-refractivity contribution in [2.45, 2.75) is 13.8 Å². The average Bonchev–Trinajstić information content (AvgIpc) is 2.91. The number of ether oxygens (including phenoxy) is 1. The second-order valence-electron chi connectivity index (χ2n) is 5.34. The SMILES string of the molecule is CCNC(=O)c1cc(Br)cc2[nH]c3ccc(C(=O)OCC)cc3c12. The smallest absolute Gasteiger partial charge is 0.338 e. The van der Waals surface area contributed by atoms with Crippen molar-refractivity contribution in [1.29, 1.82) is 0 Å². The van der Waals surface area contributed by atoms with Crippen LogP contribution in [-0.2, 0) is 4.74 Å². The summed E-state index contributed by atoms with van der Waals surface area (Å²) in [5.74, 6) is -0.517. The first kappa shape index (κ1) is 16.5. The number of rotatable bonds is 4. The Bertz CT molecular complexity index is 946. The zero-order valence-electron chi connectivity index (χ0n) is 13.4. The molecule has 3 rings (SSSR count). The highest BCUT2D eigenvalue weighted by molar-refractivity contribution is 9.10. The fraction of sp³-hybridized carbons (Fsp3) is 0.222. The second kappa shape index (κ2) is 6.65. The maximum Gasteiger partial charge on any atom is 0.338 e. The first-order valence-electron chi connectivity index (χ1n) is 7.75. The number of carbonyl (C=O) groups excluding carboxylic acids is 2. The van der Waals surface area contributed by atoms with E-state index in [-0.39, 0.29) is 11.9 Å². The minimum atomic E-state index is -0.370. The molecule has 5 nitrogen and oxygen atoms in total. The first-order chi connectivity index (χ1) is 11.5. The Morgan fingerprint density at radius 1 is 1.17 bits per heavy atom. The summed E-state index contributed by atoms with van der Waals surface area (Å²) in [5.41, 5.74) is 2.73. The van der Waals surface area contributed by atoms with Gasteiger partial charge in [0.05, 0.1) is 17.7 Å². The third kappa shape index (κ3) is 2.89. The number of carbonyl (C=O) groups is 2. The van der Waals surface area contributed by atoms with Crippen molar-refractivity contribution >= 4 is 49.6 Å². The molecule has 0 aliphatic carbocycles. The molecule has 0 unspecified atom stereocenters. The van der Waals surface area contributed by atoms with Gasteiger partial charge in [-0.1, -0.05) is 15.9 Å². The Kier molecular flexibility index (Phi) is 4.57. The van der Waals surface area contributed by atoms with Crippen molar-refractivity contribution in [3.05, 3.63) is 45.9 Å². The van der Waals surface area contributed by atoms with E-state index in [0.29, 0.717) is 24.3 Å². The highest BCUT2D eigenvalue weighted by Crippen LogP contribution is 2.32. The van der Waals surface area contributed by atoms with Crippen LogP contribution < -0.4 is 5.32 Å². The van der Waals surface area contributed by atoms with Gasteiger partial charge >= 0.3 is 5.97 Å². The zero-order chi connectivity index (χ0) is 17.3. The molecule has 0 aliphatic rings. The minimum absolute atomic E-state index is 0.147. The number of halogens is 1. The summed E-state index contributed by atoms with van der Waals surface area (Å²) < 4.78 is 5.88. The van der Waals surface area contributed by atoms with Gasteiger partial charge < -0.3 is 15.0 Å². The molecule has 0 fully saturated rings. The monoisotopic (exact) mass is 388 g/mol.